The van der Waals surface area contributed by atoms with Crippen molar-refractivity contribution in [1.29, 1.82) is 5.26 Å². The molecular formula is C16H20N6O5. The number of amides is 1. The summed E-state index contributed by atoms with van der Waals surface area (Å²) in [6.45, 7) is 3.18. The summed E-state index contributed by atoms with van der Waals surface area (Å²) in [5.74, 6) is 0.183. The zero-order chi connectivity index (χ0) is 19.8. The van der Waals surface area contributed by atoms with Crippen LogP contribution in [0.15, 0.2) is 18.5 Å². The molecule has 1 fully saturated rings. The second-order valence-electron chi connectivity index (χ2n) is 6.50. The number of fused-ring (bicyclic) bond motifs is 1. The van der Waals surface area contributed by atoms with Crippen LogP contribution in [0.1, 0.15) is 19.5 Å². The van der Waals surface area contributed by atoms with Crippen molar-refractivity contribution in [3.8, 4) is 6.07 Å². The normalized spacial score (nSPS) is 27.6. The van der Waals surface area contributed by atoms with Gasteiger partial charge in [-0.1, -0.05) is 0 Å². The molecular weight excluding hydrogens is 356 g/mol. The summed E-state index contributed by atoms with van der Waals surface area (Å²) in [4.78, 5) is 15.5. The lowest BCUT2D eigenvalue weighted by Gasteiger charge is -2.24. The van der Waals surface area contributed by atoms with Gasteiger partial charge >= 0.3 is 6.09 Å². The van der Waals surface area contributed by atoms with Gasteiger partial charge in [0.1, 0.15) is 42.8 Å². The van der Waals surface area contributed by atoms with Crippen molar-refractivity contribution in [2.24, 2.45) is 0 Å². The minimum absolute atomic E-state index is 0.132. The third kappa shape index (κ3) is 3.14. The maximum Gasteiger partial charge on any atom is 0.407 e. The number of nitriles is 1. The summed E-state index contributed by atoms with van der Waals surface area (Å²) in [5, 5.41) is 37.2. The molecule has 2 aromatic rings. The van der Waals surface area contributed by atoms with Gasteiger partial charge in [-0.05, 0) is 26.0 Å². The van der Waals surface area contributed by atoms with Gasteiger partial charge in [-0.2, -0.15) is 10.4 Å². The number of hydrogen-bond acceptors (Lipinski definition) is 9. The Balaban J connectivity index is 1.88. The third-order valence-electron chi connectivity index (χ3n) is 4.27. The summed E-state index contributed by atoms with van der Waals surface area (Å²) in [6, 6.07) is 4.86. The number of nitrogen functional groups attached to an aromatic ring is 1. The number of aliphatic hydroxyl groups is 2. The maximum absolute atomic E-state index is 11.6. The summed E-state index contributed by atoms with van der Waals surface area (Å²) in [7, 11) is 0. The van der Waals surface area contributed by atoms with Gasteiger partial charge in [0.25, 0.3) is 0 Å². The number of nitrogens with zero attached hydrogens (tertiary/aromatic N) is 4. The topological polar surface area (TPSA) is 168 Å². The van der Waals surface area contributed by atoms with Crippen LogP contribution in [0, 0.1) is 11.3 Å². The Morgan fingerprint density at radius 2 is 2.30 bits per heavy atom. The quantitative estimate of drug-likeness (QED) is 0.538. The second kappa shape index (κ2) is 6.99. The number of ether oxygens (including phenoxy) is 2. The van der Waals surface area contributed by atoms with Crippen LogP contribution in [-0.4, -0.2) is 61.9 Å². The molecule has 0 radical (unpaired) electrons. The lowest BCUT2D eigenvalue weighted by molar-refractivity contribution is -0.0660. The summed E-state index contributed by atoms with van der Waals surface area (Å²) in [6.07, 6.45) is -3.66. The van der Waals surface area contributed by atoms with E-state index in [4.69, 9.17) is 15.2 Å². The van der Waals surface area contributed by atoms with E-state index in [1.165, 1.54) is 16.9 Å². The van der Waals surface area contributed by atoms with Gasteiger partial charge in [-0.25, -0.2) is 14.3 Å². The molecule has 0 aromatic carbocycles. The van der Waals surface area contributed by atoms with E-state index < -0.39 is 30.0 Å². The van der Waals surface area contributed by atoms with E-state index >= 15 is 0 Å². The van der Waals surface area contributed by atoms with E-state index in [0.29, 0.717) is 5.52 Å². The molecule has 3 heterocycles. The molecule has 4 atom stereocenters. The zero-order valence-corrected chi connectivity index (χ0v) is 14.7. The fourth-order valence-electron chi connectivity index (χ4n) is 2.99. The molecule has 11 heteroatoms. The molecule has 144 valence electrons. The predicted octanol–water partition coefficient (Wildman–Crippen LogP) is -0.714. The van der Waals surface area contributed by atoms with Crippen LogP contribution in [0.25, 0.3) is 5.52 Å². The Hall–Kier alpha value is -2.94. The lowest BCUT2D eigenvalue weighted by atomic mass is 9.92. The first-order chi connectivity index (χ1) is 12.8. The van der Waals surface area contributed by atoms with Gasteiger partial charge in [0, 0.05) is 6.04 Å². The number of hydrogen-bond donors (Lipinski definition) is 4. The van der Waals surface area contributed by atoms with Gasteiger partial charge in [-0.15, -0.1) is 0 Å². The number of anilines is 1. The largest absolute Gasteiger partial charge is 0.447 e. The number of aromatic nitrogens is 3. The third-order valence-corrected chi connectivity index (χ3v) is 4.27. The maximum atomic E-state index is 11.6. The lowest BCUT2D eigenvalue weighted by Crippen LogP contribution is -2.41. The van der Waals surface area contributed by atoms with Crippen molar-refractivity contribution >= 4 is 17.4 Å². The van der Waals surface area contributed by atoms with Gasteiger partial charge in [0.15, 0.2) is 5.82 Å². The number of nitrogens with two attached hydrogens (primary N) is 1. The molecule has 3 rings (SSSR count). The van der Waals surface area contributed by atoms with Crippen LogP contribution >= 0.6 is 0 Å². The van der Waals surface area contributed by atoms with Crippen molar-refractivity contribution in [3.05, 3.63) is 24.2 Å². The first-order valence-electron chi connectivity index (χ1n) is 8.27. The van der Waals surface area contributed by atoms with Crippen LogP contribution in [0.2, 0.25) is 0 Å². The predicted molar refractivity (Wildman–Crippen MR) is 91.2 cm³/mol. The van der Waals surface area contributed by atoms with Crippen LogP contribution in [0.3, 0.4) is 0 Å². The van der Waals surface area contributed by atoms with Crippen molar-refractivity contribution in [2.45, 2.75) is 43.8 Å². The summed E-state index contributed by atoms with van der Waals surface area (Å²) in [5.41, 5.74) is 4.46. The van der Waals surface area contributed by atoms with Gasteiger partial charge < -0.3 is 30.7 Å². The fraction of sp³-hybridized carbons (Fsp3) is 0.500. The van der Waals surface area contributed by atoms with E-state index in [-0.39, 0.29) is 24.2 Å². The number of aliphatic hydroxyl groups excluding tert-OH is 2. The van der Waals surface area contributed by atoms with Gasteiger partial charge in [0.2, 0.25) is 5.60 Å². The molecule has 0 aliphatic carbocycles. The average Bonchev–Trinajstić information content (AvgIpc) is 3.15. The van der Waals surface area contributed by atoms with Crippen LogP contribution in [0.5, 0.6) is 0 Å². The van der Waals surface area contributed by atoms with Crippen molar-refractivity contribution < 1.29 is 24.5 Å². The molecule has 2 aromatic heterocycles. The molecule has 1 amide bonds. The van der Waals surface area contributed by atoms with Crippen LogP contribution in [-0.2, 0) is 15.1 Å². The first-order valence-corrected chi connectivity index (χ1v) is 8.27. The van der Waals surface area contributed by atoms with Gasteiger partial charge in [-0.3, -0.25) is 0 Å². The van der Waals surface area contributed by atoms with E-state index in [0.717, 1.165) is 0 Å². The molecule has 27 heavy (non-hydrogen) atoms. The van der Waals surface area contributed by atoms with E-state index in [9.17, 15) is 20.3 Å². The smallest absolute Gasteiger partial charge is 0.407 e. The number of nitrogens with one attached hydrogen (secondary N) is 1. The highest BCUT2D eigenvalue weighted by atomic mass is 16.6. The minimum atomic E-state index is -1.92. The number of rotatable bonds is 4. The Labute approximate surface area is 154 Å². The fourth-order valence-corrected chi connectivity index (χ4v) is 2.99. The monoisotopic (exact) mass is 376 g/mol. The number of carbonyl (C=O) groups excluding carboxylic acids is 1. The number of alkyl carbamates (subject to hydrolysis) is 1. The highest BCUT2D eigenvalue weighted by molar-refractivity contribution is 5.67. The van der Waals surface area contributed by atoms with Crippen LogP contribution in [0.4, 0.5) is 10.6 Å². The molecule has 1 aliphatic rings. The molecule has 1 saturated heterocycles. The highest BCUT2D eigenvalue weighted by Gasteiger charge is 2.57. The van der Waals surface area contributed by atoms with Crippen LogP contribution < -0.4 is 11.1 Å². The molecule has 0 saturated carbocycles. The van der Waals surface area contributed by atoms with Crippen molar-refractivity contribution in [2.75, 3.05) is 12.3 Å². The van der Waals surface area contributed by atoms with E-state index in [2.05, 4.69) is 15.4 Å². The summed E-state index contributed by atoms with van der Waals surface area (Å²) < 4.78 is 12.0. The Kier molecular flexibility index (Phi) is 4.88. The van der Waals surface area contributed by atoms with E-state index in [1.807, 2.05) is 6.07 Å². The van der Waals surface area contributed by atoms with Crippen molar-refractivity contribution in [3.63, 3.8) is 0 Å². The Morgan fingerprint density at radius 3 is 2.96 bits per heavy atom. The average molecular weight is 376 g/mol. The Morgan fingerprint density at radius 1 is 1.56 bits per heavy atom. The second-order valence-corrected chi connectivity index (χ2v) is 6.50. The SMILES string of the molecule is CC(C)NC(=O)OC[C@H]1O[C@@](C#N)(c2ccc3c(N)ncnn23)[C@H](O)[C@@H]1O. The van der Waals surface area contributed by atoms with Gasteiger partial charge in [0.05, 0.1) is 5.69 Å². The Bertz CT molecular complexity index is 893. The molecule has 0 bridgehead atoms. The summed E-state index contributed by atoms with van der Waals surface area (Å²) >= 11 is 0. The molecule has 0 unspecified atom stereocenters. The van der Waals surface area contributed by atoms with E-state index in [1.54, 1.807) is 19.9 Å². The van der Waals surface area contributed by atoms with Crippen molar-refractivity contribution in [1.82, 2.24) is 19.9 Å². The molecule has 5 N–H and O–H groups in total. The standard InChI is InChI=1S/C16H20N6O5/c1-8(2)21-15(25)26-5-10-12(23)13(24)16(6-17,27-10)11-4-3-9-14(18)19-7-20-22(9)11/h3-4,7-8,10,12-13,23-24H,5H2,1-2H3,(H,21,25)(H2,18,19,20)/t10-,12-,13-,16+/m1/s1. The molecule has 1 aliphatic heterocycles. The highest BCUT2D eigenvalue weighted by Crippen LogP contribution is 2.40. The number of carbonyl (C=O) groups is 1. The zero-order valence-electron chi connectivity index (χ0n) is 14.7. The molecule has 11 nitrogen and oxygen atoms in total. The first kappa shape index (κ1) is 18.8. The molecule has 0 spiro atoms. The minimum Gasteiger partial charge on any atom is -0.447 e.